The van der Waals surface area contributed by atoms with Crippen molar-refractivity contribution < 1.29 is 4.39 Å². The van der Waals surface area contributed by atoms with Gasteiger partial charge in [0.25, 0.3) is 0 Å². The van der Waals surface area contributed by atoms with Gasteiger partial charge in [0.15, 0.2) is 0 Å². The van der Waals surface area contributed by atoms with E-state index in [1.54, 1.807) is 18.2 Å². The van der Waals surface area contributed by atoms with Gasteiger partial charge in [-0.3, -0.25) is 0 Å². The first-order valence-electron chi connectivity index (χ1n) is 6.43. The molecule has 0 amide bonds. The van der Waals surface area contributed by atoms with Crippen LogP contribution in [-0.4, -0.2) is 10.6 Å². The number of rotatable bonds is 5. The Bertz CT molecular complexity index is 551. The lowest BCUT2D eigenvalue weighted by molar-refractivity contribution is 0.599. The minimum absolute atomic E-state index is 0.165. The van der Waals surface area contributed by atoms with Crippen LogP contribution in [0, 0.1) is 5.82 Å². The Balaban J connectivity index is 2.09. The SMILES string of the molecule is CCC(N)Cc1ccn(Cc2cccc(Cl)c2F)c1. The van der Waals surface area contributed by atoms with Crippen LogP contribution in [0.2, 0.25) is 5.02 Å². The summed E-state index contributed by atoms with van der Waals surface area (Å²) in [6.07, 6.45) is 5.75. The third-order valence-electron chi connectivity index (χ3n) is 3.22. The monoisotopic (exact) mass is 280 g/mol. The Kier molecular flexibility index (Phi) is 4.61. The molecule has 4 heteroatoms. The molecule has 1 aromatic carbocycles. The molecule has 0 radical (unpaired) electrons. The van der Waals surface area contributed by atoms with Crippen molar-refractivity contribution in [3.63, 3.8) is 0 Å². The van der Waals surface area contributed by atoms with Gasteiger partial charge in [-0.2, -0.15) is 0 Å². The summed E-state index contributed by atoms with van der Waals surface area (Å²) < 4.78 is 15.7. The number of halogens is 2. The fraction of sp³-hybridized carbons (Fsp3) is 0.333. The molecular weight excluding hydrogens is 263 g/mol. The first-order chi connectivity index (χ1) is 9.10. The normalized spacial score (nSPS) is 12.6. The molecule has 1 atom stereocenters. The maximum absolute atomic E-state index is 13.8. The highest BCUT2D eigenvalue weighted by molar-refractivity contribution is 6.30. The number of benzene rings is 1. The van der Waals surface area contributed by atoms with Crippen LogP contribution in [-0.2, 0) is 13.0 Å². The number of nitrogens with zero attached hydrogens (tertiary/aromatic N) is 1. The van der Waals surface area contributed by atoms with Crippen LogP contribution >= 0.6 is 11.6 Å². The molecule has 2 aromatic rings. The van der Waals surface area contributed by atoms with E-state index in [0.29, 0.717) is 12.1 Å². The van der Waals surface area contributed by atoms with Crippen molar-refractivity contribution >= 4 is 11.6 Å². The molecule has 1 aromatic heterocycles. The Morgan fingerprint density at radius 1 is 1.37 bits per heavy atom. The largest absolute Gasteiger partial charge is 0.350 e. The maximum atomic E-state index is 13.8. The van der Waals surface area contributed by atoms with E-state index in [1.807, 2.05) is 23.0 Å². The summed E-state index contributed by atoms with van der Waals surface area (Å²) >= 11 is 5.77. The van der Waals surface area contributed by atoms with E-state index in [1.165, 1.54) is 5.56 Å². The zero-order valence-electron chi connectivity index (χ0n) is 10.9. The van der Waals surface area contributed by atoms with Crippen LogP contribution in [0.4, 0.5) is 4.39 Å². The van der Waals surface area contributed by atoms with Gasteiger partial charge in [-0.05, 0) is 30.5 Å². The number of hydrogen-bond acceptors (Lipinski definition) is 1. The third-order valence-corrected chi connectivity index (χ3v) is 3.51. The summed E-state index contributed by atoms with van der Waals surface area (Å²) in [6.45, 7) is 2.55. The van der Waals surface area contributed by atoms with E-state index in [-0.39, 0.29) is 16.9 Å². The van der Waals surface area contributed by atoms with Crippen LogP contribution in [0.25, 0.3) is 0 Å². The van der Waals surface area contributed by atoms with Crippen LogP contribution in [0.1, 0.15) is 24.5 Å². The minimum Gasteiger partial charge on any atom is -0.350 e. The summed E-state index contributed by atoms with van der Waals surface area (Å²) in [5.41, 5.74) is 7.69. The van der Waals surface area contributed by atoms with Gasteiger partial charge in [-0.15, -0.1) is 0 Å². The van der Waals surface area contributed by atoms with Crippen LogP contribution < -0.4 is 5.73 Å². The lowest BCUT2D eigenvalue weighted by Gasteiger charge is -2.07. The summed E-state index contributed by atoms with van der Waals surface area (Å²) in [5, 5.41) is 0.165. The van der Waals surface area contributed by atoms with Crippen molar-refractivity contribution in [1.29, 1.82) is 0 Å². The van der Waals surface area contributed by atoms with Gasteiger partial charge < -0.3 is 10.3 Å². The molecule has 2 nitrogen and oxygen atoms in total. The van der Waals surface area contributed by atoms with Crippen molar-refractivity contribution in [2.75, 3.05) is 0 Å². The van der Waals surface area contributed by atoms with Gasteiger partial charge in [-0.25, -0.2) is 4.39 Å². The molecule has 102 valence electrons. The summed E-state index contributed by atoms with van der Waals surface area (Å²) in [4.78, 5) is 0. The second-order valence-corrected chi connectivity index (χ2v) is 5.18. The van der Waals surface area contributed by atoms with Gasteiger partial charge in [0.1, 0.15) is 5.82 Å². The highest BCUT2D eigenvalue weighted by atomic mass is 35.5. The molecule has 0 fully saturated rings. The van der Waals surface area contributed by atoms with E-state index in [0.717, 1.165) is 12.8 Å². The second-order valence-electron chi connectivity index (χ2n) is 4.78. The Morgan fingerprint density at radius 3 is 2.89 bits per heavy atom. The molecule has 0 saturated carbocycles. The zero-order chi connectivity index (χ0) is 13.8. The molecule has 2 rings (SSSR count). The van der Waals surface area contributed by atoms with Gasteiger partial charge >= 0.3 is 0 Å². The summed E-state index contributed by atoms with van der Waals surface area (Å²) in [5.74, 6) is -0.343. The van der Waals surface area contributed by atoms with Gasteiger partial charge in [0, 0.05) is 30.5 Å². The van der Waals surface area contributed by atoms with E-state index in [9.17, 15) is 4.39 Å². The van der Waals surface area contributed by atoms with Crippen molar-refractivity contribution in [2.45, 2.75) is 32.4 Å². The van der Waals surface area contributed by atoms with Crippen LogP contribution in [0.15, 0.2) is 36.7 Å². The fourth-order valence-electron chi connectivity index (χ4n) is 2.02. The molecule has 0 spiro atoms. The molecule has 1 unspecified atom stereocenters. The zero-order valence-corrected chi connectivity index (χ0v) is 11.7. The van der Waals surface area contributed by atoms with Crippen molar-refractivity contribution in [2.24, 2.45) is 5.73 Å². The number of nitrogens with two attached hydrogens (primary N) is 1. The molecule has 0 aliphatic heterocycles. The van der Waals surface area contributed by atoms with Crippen molar-refractivity contribution in [3.05, 3.63) is 58.6 Å². The first kappa shape index (κ1) is 14.1. The molecule has 2 N–H and O–H groups in total. The van der Waals surface area contributed by atoms with Crippen LogP contribution in [0.5, 0.6) is 0 Å². The quantitative estimate of drug-likeness (QED) is 0.891. The molecule has 1 heterocycles. The van der Waals surface area contributed by atoms with Gasteiger partial charge in [0.2, 0.25) is 0 Å². The topological polar surface area (TPSA) is 30.9 Å². The molecule has 0 aliphatic rings. The summed E-state index contributed by atoms with van der Waals surface area (Å²) in [6, 6.07) is 7.27. The van der Waals surface area contributed by atoms with E-state index in [2.05, 4.69) is 6.92 Å². The average Bonchev–Trinajstić information content (AvgIpc) is 2.82. The highest BCUT2D eigenvalue weighted by Gasteiger charge is 2.08. The highest BCUT2D eigenvalue weighted by Crippen LogP contribution is 2.19. The summed E-state index contributed by atoms with van der Waals surface area (Å²) in [7, 11) is 0. The predicted molar refractivity (Wildman–Crippen MR) is 76.9 cm³/mol. The lowest BCUT2D eigenvalue weighted by atomic mass is 10.1. The first-order valence-corrected chi connectivity index (χ1v) is 6.81. The average molecular weight is 281 g/mol. The standard InChI is InChI=1S/C15H18ClFN2/c1-2-13(18)8-11-6-7-19(9-11)10-12-4-3-5-14(16)15(12)17/h3-7,9,13H,2,8,10,18H2,1H3. The van der Waals surface area contributed by atoms with Crippen molar-refractivity contribution in [1.82, 2.24) is 4.57 Å². The molecule has 0 saturated heterocycles. The van der Waals surface area contributed by atoms with Crippen LogP contribution in [0.3, 0.4) is 0 Å². The van der Waals surface area contributed by atoms with Crippen molar-refractivity contribution in [3.8, 4) is 0 Å². The van der Waals surface area contributed by atoms with E-state index < -0.39 is 0 Å². The number of hydrogen-bond donors (Lipinski definition) is 1. The Labute approximate surface area is 118 Å². The van der Waals surface area contributed by atoms with Gasteiger partial charge in [0.05, 0.1) is 5.02 Å². The second kappa shape index (κ2) is 6.22. The van der Waals surface area contributed by atoms with Gasteiger partial charge in [-0.1, -0.05) is 30.7 Å². The van der Waals surface area contributed by atoms with E-state index >= 15 is 0 Å². The Hall–Kier alpha value is -1.32. The predicted octanol–water partition coefficient (Wildman–Crippen LogP) is 3.61. The number of aromatic nitrogens is 1. The molecule has 0 aliphatic carbocycles. The molecule has 0 bridgehead atoms. The Morgan fingerprint density at radius 2 is 2.16 bits per heavy atom. The van der Waals surface area contributed by atoms with E-state index in [4.69, 9.17) is 17.3 Å². The molecule has 19 heavy (non-hydrogen) atoms. The lowest BCUT2D eigenvalue weighted by Crippen LogP contribution is -2.21. The third kappa shape index (κ3) is 3.58. The maximum Gasteiger partial charge on any atom is 0.146 e. The molecular formula is C15H18ClFN2. The fourth-order valence-corrected chi connectivity index (χ4v) is 2.22. The minimum atomic E-state index is -0.343. The smallest absolute Gasteiger partial charge is 0.146 e.